The molecule has 0 heterocycles. The fourth-order valence-corrected chi connectivity index (χ4v) is 1.75. The van der Waals surface area contributed by atoms with Crippen molar-refractivity contribution in [3.8, 4) is 0 Å². The number of carbonyl (C=O) groups is 1. The second-order valence-corrected chi connectivity index (χ2v) is 6.27. The van der Waals surface area contributed by atoms with E-state index >= 15 is 0 Å². The van der Waals surface area contributed by atoms with E-state index in [1.807, 2.05) is 34.6 Å². The van der Waals surface area contributed by atoms with Gasteiger partial charge in [-0.15, -0.1) is 0 Å². The van der Waals surface area contributed by atoms with Gasteiger partial charge in [0.15, 0.2) is 0 Å². The predicted octanol–water partition coefficient (Wildman–Crippen LogP) is 2.41. The molecule has 0 saturated carbocycles. The van der Waals surface area contributed by atoms with Crippen molar-refractivity contribution in [2.75, 3.05) is 0 Å². The van der Waals surface area contributed by atoms with Gasteiger partial charge in [0.2, 0.25) is 0 Å². The third-order valence-electron chi connectivity index (χ3n) is 2.09. The Morgan fingerprint density at radius 3 is 2.29 bits per heavy atom. The Hall–Kier alpha value is -0.380. The van der Waals surface area contributed by atoms with E-state index in [2.05, 4.69) is 4.36 Å². The second kappa shape index (κ2) is 5.49. The van der Waals surface area contributed by atoms with Crippen molar-refractivity contribution in [2.45, 2.75) is 52.7 Å². The molecule has 0 aromatic heterocycles. The Balaban J connectivity index is 4.64. The van der Waals surface area contributed by atoms with Crippen LogP contribution in [0.3, 0.4) is 0 Å². The highest BCUT2D eigenvalue weighted by atomic mass is 32.2. The van der Waals surface area contributed by atoms with Crippen molar-refractivity contribution in [3.05, 3.63) is 0 Å². The van der Waals surface area contributed by atoms with Crippen LogP contribution in [0.25, 0.3) is 0 Å². The number of thiol groups is 1. The molecule has 0 saturated heterocycles. The zero-order valence-corrected chi connectivity index (χ0v) is 10.6. The zero-order chi connectivity index (χ0) is 11.4. The van der Waals surface area contributed by atoms with Gasteiger partial charge in [0, 0.05) is 21.3 Å². The van der Waals surface area contributed by atoms with E-state index in [1.54, 1.807) is 0 Å². The average Bonchev–Trinajstić information content (AvgIpc) is 2.03. The van der Waals surface area contributed by atoms with Crippen molar-refractivity contribution in [2.24, 2.45) is 9.78 Å². The molecule has 0 aromatic carbocycles. The van der Waals surface area contributed by atoms with Crippen molar-refractivity contribution < 1.29 is 9.00 Å². The van der Waals surface area contributed by atoms with E-state index in [0.717, 1.165) is 12.8 Å². The maximum Gasteiger partial charge on any atom is 0.259 e. The molecule has 14 heavy (non-hydrogen) atoms. The standard InChI is InChI=1S/C10H21NO2S/c1-6-7-10(4,5)9(12)11-14(13)8(2)3/h8,14H,6-7H2,1-5H3. The van der Waals surface area contributed by atoms with Gasteiger partial charge in [0.25, 0.3) is 5.91 Å². The summed E-state index contributed by atoms with van der Waals surface area (Å²) in [6, 6.07) is 0. The first-order valence-electron chi connectivity index (χ1n) is 5.03. The predicted molar refractivity (Wildman–Crippen MR) is 60.8 cm³/mol. The molecular formula is C10H21NO2S. The van der Waals surface area contributed by atoms with Gasteiger partial charge < -0.3 is 0 Å². The highest BCUT2D eigenvalue weighted by Gasteiger charge is 2.26. The quantitative estimate of drug-likeness (QED) is 0.738. The zero-order valence-electron chi connectivity index (χ0n) is 9.70. The summed E-state index contributed by atoms with van der Waals surface area (Å²) < 4.78 is 15.1. The van der Waals surface area contributed by atoms with Gasteiger partial charge in [-0.2, -0.15) is 4.36 Å². The molecule has 84 valence electrons. The number of carbonyl (C=O) groups excluding carboxylic acids is 1. The van der Waals surface area contributed by atoms with Crippen molar-refractivity contribution in [3.63, 3.8) is 0 Å². The van der Waals surface area contributed by atoms with Crippen LogP contribution in [0.2, 0.25) is 0 Å². The number of hydrogen-bond acceptors (Lipinski definition) is 2. The summed E-state index contributed by atoms with van der Waals surface area (Å²) in [7, 11) is -1.73. The Morgan fingerprint density at radius 2 is 1.93 bits per heavy atom. The highest BCUT2D eigenvalue weighted by molar-refractivity contribution is 7.75. The van der Waals surface area contributed by atoms with E-state index in [1.165, 1.54) is 0 Å². The van der Waals surface area contributed by atoms with Crippen LogP contribution in [0.15, 0.2) is 4.36 Å². The van der Waals surface area contributed by atoms with E-state index in [9.17, 15) is 9.00 Å². The smallest absolute Gasteiger partial charge is 0.259 e. The molecule has 0 fully saturated rings. The lowest BCUT2D eigenvalue weighted by atomic mass is 9.87. The molecule has 0 aliphatic carbocycles. The minimum absolute atomic E-state index is 0.0497. The van der Waals surface area contributed by atoms with Crippen molar-refractivity contribution in [1.82, 2.24) is 0 Å². The average molecular weight is 219 g/mol. The monoisotopic (exact) mass is 219 g/mol. The summed E-state index contributed by atoms with van der Waals surface area (Å²) >= 11 is 0. The molecule has 0 aliphatic heterocycles. The first kappa shape index (κ1) is 13.6. The van der Waals surface area contributed by atoms with Crippen LogP contribution in [-0.2, 0) is 15.4 Å². The molecule has 3 nitrogen and oxygen atoms in total. The van der Waals surface area contributed by atoms with Crippen molar-refractivity contribution >= 4 is 16.5 Å². The number of amides is 1. The molecule has 1 amide bonds. The number of rotatable bonds is 4. The number of nitrogens with zero attached hydrogens (tertiary/aromatic N) is 1. The molecule has 1 atom stereocenters. The highest BCUT2D eigenvalue weighted by Crippen LogP contribution is 2.24. The molecule has 0 aliphatic rings. The van der Waals surface area contributed by atoms with Crippen LogP contribution in [0.4, 0.5) is 0 Å². The summed E-state index contributed by atoms with van der Waals surface area (Å²) in [6.07, 6.45) is 1.73. The summed E-state index contributed by atoms with van der Waals surface area (Å²) in [4.78, 5) is 11.6. The van der Waals surface area contributed by atoms with Gasteiger partial charge in [-0.05, 0) is 6.42 Å². The Bertz CT molecular complexity index is 276. The minimum atomic E-state index is -1.73. The Labute approximate surface area is 88.5 Å². The normalized spacial score (nSPS) is 14.7. The van der Waals surface area contributed by atoms with Gasteiger partial charge >= 0.3 is 0 Å². The van der Waals surface area contributed by atoms with Gasteiger partial charge in [0.1, 0.15) is 0 Å². The summed E-state index contributed by atoms with van der Waals surface area (Å²) in [5.41, 5.74) is -0.464. The van der Waals surface area contributed by atoms with Crippen LogP contribution < -0.4 is 0 Å². The topological polar surface area (TPSA) is 46.5 Å². The van der Waals surface area contributed by atoms with Crippen LogP contribution in [-0.4, -0.2) is 15.4 Å². The maximum absolute atomic E-state index is 11.6. The number of hydrogen-bond donors (Lipinski definition) is 1. The molecule has 0 radical (unpaired) electrons. The van der Waals surface area contributed by atoms with Gasteiger partial charge in [-0.1, -0.05) is 41.0 Å². The Morgan fingerprint density at radius 1 is 1.43 bits per heavy atom. The maximum atomic E-state index is 11.6. The van der Waals surface area contributed by atoms with E-state index in [4.69, 9.17) is 0 Å². The Kier molecular flexibility index (Phi) is 5.34. The summed E-state index contributed by atoms with van der Waals surface area (Å²) in [5.74, 6) is -0.228. The molecular weight excluding hydrogens is 198 g/mol. The first-order chi connectivity index (χ1) is 6.31. The fraction of sp³-hybridized carbons (Fsp3) is 0.900. The lowest BCUT2D eigenvalue weighted by Crippen LogP contribution is -2.22. The van der Waals surface area contributed by atoms with Gasteiger partial charge in [-0.25, -0.2) is 0 Å². The fourth-order valence-electron chi connectivity index (χ4n) is 1.07. The van der Waals surface area contributed by atoms with Crippen molar-refractivity contribution in [1.29, 1.82) is 0 Å². The molecule has 0 aromatic rings. The van der Waals surface area contributed by atoms with Gasteiger partial charge in [0.05, 0.1) is 0 Å². The van der Waals surface area contributed by atoms with Crippen LogP contribution in [0.1, 0.15) is 47.5 Å². The lowest BCUT2D eigenvalue weighted by molar-refractivity contribution is -0.125. The molecule has 1 unspecified atom stereocenters. The van der Waals surface area contributed by atoms with E-state index in [-0.39, 0.29) is 11.2 Å². The molecule has 0 bridgehead atoms. The van der Waals surface area contributed by atoms with E-state index in [0.29, 0.717) is 0 Å². The van der Waals surface area contributed by atoms with Crippen LogP contribution in [0.5, 0.6) is 0 Å². The lowest BCUT2D eigenvalue weighted by Gasteiger charge is -2.18. The van der Waals surface area contributed by atoms with E-state index < -0.39 is 16.0 Å². The van der Waals surface area contributed by atoms with Gasteiger partial charge in [-0.3, -0.25) is 9.00 Å². The molecule has 4 heteroatoms. The molecule has 0 rings (SSSR count). The summed E-state index contributed by atoms with van der Waals surface area (Å²) in [5, 5.41) is -0.0497. The third kappa shape index (κ3) is 4.22. The molecule has 0 N–H and O–H groups in total. The minimum Gasteiger partial charge on any atom is -0.271 e. The third-order valence-corrected chi connectivity index (χ3v) is 3.35. The SMILES string of the molecule is CCCC(C)(C)C(=O)/N=[SH](=O)/C(C)C. The van der Waals surface area contributed by atoms with Crippen LogP contribution in [0, 0.1) is 5.41 Å². The molecule has 0 spiro atoms. The first-order valence-corrected chi connectivity index (χ1v) is 6.32. The second-order valence-electron chi connectivity index (χ2n) is 4.44. The van der Waals surface area contributed by atoms with Crippen LogP contribution >= 0.6 is 0 Å². The summed E-state index contributed by atoms with van der Waals surface area (Å²) in [6.45, 7) is 9.35. The largest absolute Gasteiger partial charge is 0.271 e.